The van der Waals surface area contributed by atoms with E-state index >= 15 is 0 Å². The van der Waals surface area contributed by atoms with Crippen LogP contribution in [0, 0.1) is 0 Å². The Hall–Kier alpha value is -2.71. The van der Waals surface area contributed by atoms with E-state index in [1.54, 1.807) is 36.6 Å². The first-order chi connectivity index (χ1) is 19.1. The Morgan fingerprint density at radius 2 is 2.02 bits per heavy atom. The minimum Gasteiger partial charge on any atom is -0.476 e. The van der Waals surface area contributed by atoms with Gasteiger partial charge in [0.15, 0.2) is 29.1 Å². The molecule has 214 valence electrons. The third-order valence-corrected chi connectivity index (χ3v) is 8.62. The van der Waals surface area contributed by atoms with Crippen molar-refractivity contribution in [1.82, 2.24) is 19.5 Å². The maximum atomic E-state index is 13.4. The highest BCUT2D eigenvalue weighted by Crippen LogP contribution is 2.58. The molecular formula is C23H24Cl2N5O9P. The Labute approximate surface area is 237 Å². The van der Waals surface area contributed by atoms with Gasteiger partial charge in [0.1, 0.15) is 6.10 Å². The summed E-state index contributed by atoms with van der Waals surface area (Å²) in [7, 11) is -4.05. The van der Waals surface area contributed by atoms with E-state index in [9.17, 15) is 9.36 Å². The van der Waals surface area contributed by atoms with Gasteiger partial charge in [-0.1, -0.05) is 23.2 Å². The summed E-state index contributed by atoms with van der Waals surface area (Å²) in [5, 5.41) is 0.821. The summed E-state index contributed by atoms with van der Waals surface area (Å²) < 4.78 is 54.5. The molecule has 0 radical (unpaired) electrons. The van der Waals surface area contributed by atoms with E-state index in [2.05, 4.69) is 15.0 Å². The van der Waals surface area contributed by atoms with Crippen molar-refractivity contribution in [2.24, 2.45) is 0 Å². The fourth-order valence-electron chi connectivity index (χ4n) is 5.01. The zero-order valence-electron chi connectivity index (χ0n) is 21.2. The third kappa shape index (κ3) is 4.87. The van der Waals surface area contributed by atoms with E-state index < -0.39 is 44.1 Å². The Morgan fingerprint density at radius 3 is 2.77 bits per heavy atom. The number of ether oxygens (including phenoxy) is 4. The summed E-state index contributed by atoms with van der Waals surface area (Å²) in [5.74, 6) is 0.153. The van der Waals surface area contributed by atoms with Crippen molar-refractivity contribution < 1.29 is 41.9 Å². The number of phosphoric acid groups is 1. The molecule has 1 aromatic carbocycles. The molecular weight excluding hydrogens is 592 g/mol. The zero-order chi connectivity index (χ0) is 28.2. The second-order valence-corrected chi connectivity index (χ2v) is 11.9. The second kappa shape index (κ2) is 10.3. The molecule has 2 N–H and O–H groups in total. The van der Waals surface area contributed by atoms with Gasteiger partial charge in [0.05, 0.1) is 32.3 Å². The lowest BCUT2D eigenvalue weighted by Gasteiger charge is -2.30. The molecule has 2 aromatic heterocycles. The van der Waals surface area contributed by atoms with Crippen LogP contribution in [-0.2, 0) is 32.3 Å². The molecule has 0 amide bonds. The molecule has 5 heterocycles. The number of carbonyl (C=O) groups is 1. The number of imidazole rings is 1. The van der Waals surface area contributed by atoms with Gasteiger partial charge in [0, 0.05) is 16.5 Å². The normalized spacial score (nSPS) is 31.6. The number of aromatic nitrogens is 4. The highest BCUT2D eigenvalue weighted by Gasteiger charge is 2.64. The molecule has 0 spiro atoms. The van der Waals surface area contributed by atoms with E-state index in [-0.39, 0.29) is 25.0 Å². The number of hydrogen-bond acceptors (Lipinski definition) is 13. The van der Waals surface area contributed by atoms with Crippen molar-refractivity contribution in [2.75, 3.05) is 25.6 Å². The minimum atomic E-state index is -4.05. The number of halogens is 2. The van der Waals surface area contributed by atoms with Crippen molar-refractivity contribution in [3.05, 3.63) is 40.1 Å². The van der Waals surface area contributed by atoms with Crippen molar-refractivity contribution in [3.63, 3.8) is 0 Å². The maximum absolute atomic E-state index is 13.4. The topological polar surface area (TPSA) is 168 Å². The molecule has 6 unspecified atom stereocenters. The van der Waals surface area contributed by atoms with Crippen molar-refractivity contribution in [3.8, 4) is 5.88 Å². The van der Waals surface area contributed by atoms with Crippen LogP contribution in [0.3, 0.4) is 0 Å². The van der Waals surface area contributed by atoms with Gasteiger partial charge in [-0.2, -0.15) is 9.97 Å². The van der Waals surface area contributed by atoms with Gasteiger partial charge in [-0.15, -0.1) is 0 Å². The number of rotatable bonds is 7. The average Bonchev–Trinajstić information content (AvgIpc) is 3.51. The predicted molar refractivity (Wildman–Crippen MR) is 139 cm³/mol. The van der Waals surface area contributed by atoms with E-state index in [1.807, 2.05) is 0 Å². The average molecular weight is 616 g/mol. The summed E-state index contributed by atoms with van der Waals surface area (Å²) >= 11 is 12.2. The molecule has 3 aromatic rings. The first kappa shape index (κ1) is 27.5. The van der Waals surface area contributed by atoms with Crippen LogP contribution in [0.5, 0.6) is 5.88 Å². The molecule has 3 saturated heterocycles. The quantitative estimate of drug-likeness (QED) is 0.289. The number of nitrogen functional groups attached to an aromatic ring is 1. The van der Waals surface area contributed by atoms with Crippen molar-refractivity contribution in [2.45, 2.75) is 50.4 Å². The zero-order valence-corrected chi connectivity index (χ0v) is 23.6. The second-order valence-electron chi connectivity index (χ2n) is 9.41. The molecule has 0 saturated carbocycles. The Bertz CT molecular complexity index is 1510. The number of nitrogens with zero attached hydrogens (tertiary/aromatic N) is 4. The summed E-state index contributed by atoms with van der Waals surface area (Å²) in [6.07, 6.45) is -2.51. The van der Waals surface area contributed by atoms with Gasteiger partial charge >= 0.3 is 14.0 Å². The number of nitrogens with two attached hydrogens (primary N) is 1. The highest BCUT2D eigenvalue weighted by molar-refractivity contribution is 7.48. The number of fused-ring (bicyclic) bond motifs is 2. The van der Waals surface area contributed by atoms with Crippen LogP contribution in [0.2, 0.25) is 10.0 Å². The summed E-state index contributed by atoms with van der Waals surface area (Å²) in [6.45, 7) is 3.55. The van der Waals surface area contributed by atoms with Gasteiger partial charge in [-0.05, 0) is 37.6 Å². The van der Waals surface area contributed by atoms with Crippen molar-refractivity contribution >= 4 is 54.3 Å². The number of phosphoric ester groups is 1. The van der Waals surface area contributed by atoms with Crippen LogP contribution in [0.4, 0.5) is 10.7 Å². The van der Waals surface area contributed by atoms with Gasteiger partial charge < -0.3 is 24.7 Å². The smallest absolute Gasteiger partial charge is 0.476 e. The predicted octanol–water partition coefficient (Wildman–Crippen LogP) is 4.61. The van der Waals surface area contributed by atoms with Gasteiger partial charge in [-0.3, -0.25) is 18.1 Å². The first-order valence-electron chi connectivity index (χ1n) is 12.3. The number of carbonyl (C=O) groups excluding carboxylic acids is 1. The fourth-order valence-corrected chi connectivity index (χ4v) is 6.94. The number of hydrogen-bond donors (Lipinski definition) is 1. The molecule has 3 aliphatic heterocycles. The SMILES string of the molecule is CCOc1nc(N)nc2c1ncn2C1OC(COP2(=O)OCCC(c3cc(Cl)cc(Cl)c3)O2)C2OC(=O)OC21C. The lowest BCUT2D eigenvalue weighted by Crippen LogP contribution is -2.42. The van der Waals surface area contributed by atoms with Crippen LogP contribution in [-0.4, -0.2) is 63.3 Å². The Balaban J connectivity index is 1.24. The molecule has 6 rings (SSSR count). The molecule has 3 aliphatic rings. The van der Waals surface area contributed by atoms with E-state index in [4.69, 9.17) is 61.5 Å². The van der Waals surface area contributed by atoms with Crippen LogP contribution in [0.25, 0.3) is 11.2 Å². The fraction of sp³-hybridized carbons (Fsp3) is 0.478. The summed E-state index contributed by atoms with van der Waals surface area (Å²) in [5.41, 5.74) is 5.83. The Kier molecular flexibility index (Phi) is 7.06. The monoisotopic (exact) mass is 615 g/mol. The molecule has 17 heteroatoms. The standard InChI is InChI=1S/C23H24Cl2N5O9P/c1-3-33-19-16-18(28-21(26)29-19)30(10-27-16)20-23(2)17(37-22(31)38-23)15(36-20)9-35-40(32)34-5-4-14(39-40)11-6-12(24)8-13(25)7-11/h6-8,10,14-15,17,20H,3-5,9H2,1-2H3,(H2,26,28,29). The summed E-state index contributed by atoms with van der Waals surface area (Å²) in [4.78, 5) is 25.0. The first-order valence-corrected chi connectivity index (χ1v) is 14.5. The van der Waals surface area contributed by atoms with Gasteiger partial charge in [-0.25, -0.2) is 14.3 Å². The molecule has 0 aliphatic carbocycles. The molecule has 14 nitrogen and oxygen atoms in total. The van der Waals surface area contributed by atoms with Gasteiger partial charge in [0.25, 0.3) is 0 Å². The maximum Gasteiger partial charge on any atom is 0.509 e. The molecule has 3 fully saturated rings. The molecule has 6 atom stereocenters. The van der Waals surface area contributed by atoms with Crippen LogP contribution in [0.15, 0.2) is 24.5 Å². The number of benzene rings is 1. The third-order valence-electron chi connectivity index (χ3n) is 6.70. The van der Waals surface area contributed by atoms with Crippen LogP contribution in [0.1, 0.15) is 38.2 Å². The van der Waals surface area contributed by atoms with Gasteiger partial charge in [0.2, 0.25) is 11.8 Å². The molecule has 40 heavy (non-hydrogen) atoms. The minimum absolute atomic E-state index is 0.0443. The van der Waals surface area contributed by atoms with Crippen LogP contribution < -0.4 is 10.5 Å². The van der Waals surface area contributed by atoms with E-state index in [0.717, 1.165) is 0 Å². The summed E-state index contributed by atoms with van der Waals surface area (Å²) in [6, 6.07) is 4.92. The number of anilines is 1. The highest BCUT2D eigenvalue weighted by atomic mass is 35.5. The van der Waals surface area contributed by atoms with Crippen molar-refractivity contribution in [1.29, 1.82) is 0 Å². The molecule has 0 bridgehead atoms. The lowest BCUT2D eigenvalue weighted by atomic mass is 9.96. The van der Waals surface area contributed by atoms with E-state index in [1.165, 1.54) is 6.33 Å². The lowest BCUT2D eigenvalue weighted by molar-refractivity contribution is -0.0925. The van der Waals surface area contributed by atoms with Crippen LogP contribution >= 0.6 is 31.0 Å². The Morgan fingerprint density at radius 1 is 1.25 bits per heavy atom. The van der Waals surface area contributed by atoms with E-state index in [0.29, 0.717) is 39.8 Å². The largest absolute Gasteiger partial charge is 0.509 e.